The fourth-order valence-electron chi connectivity index (χ4n) is 2.58. The van der Waals surface area contributed by atoms with Gasteiger partial charge >= 0.3 is 0 Å². The monoisotopic (exact) mass is 246 g/mol. The third-order valence-corrected chi connectivity index (χ3v) is 3.56. The zero-order chi connectivity index (χ0) is 12.8. The average Bonchev–Trinajstić information content (AvgIpc) is 2.70. The third kappa shape index (κ3) is 3.18. The molecule has 0 aromatic heterocycles. The molecule has 0 spiro atoms. The highest BCUT2D eigenvalue weighted by Gasteiger charge is 2.25. The van der Waals surface area contributed by atoms with Crippen molar-refractivity contribution in [3.63, 3.8) is 0 Å². The fourth-order valence-corrected chi connectivity index (χ4v) is 2.58. The second kappa shape index (κ2) is 6.66. The normalized spacial score (nSPS) is 19.2. The minimum Gasteiger partial charge on any atom is -0.315 e. The Kier molecular flexibility index (Phi) is 4.90. The van der Waals surface area contributed by atoms with Crippen LogP contribution in [-0.4, -0.2) is 42.9 Å². The van der Waals surface area contributed by atoms with Crippen molar-refractivity contribution >= 4 is 5.78 Å². The van der Waals surface area contributed by atoms with Crippen LogP contribution in [0.1, 0.15) is 30.1 Å². The second-order valence-corrected chi connectivity index (χ2v) is 4.79. The molecule has 18 heavy (non-hydrogen) atoms. The molecule has 1 atom stereocenters. The van der Waals surface area contributed by atoms with Gasteiger partial charge in [-0.05, 0) is 19.4 Å². The molecule has 0 radical (unpaired) electrons. The van der Waals surface area contributed by atoms with Crippen LogP contribution in [0, 0.1) is 0 Å². The molecule has 1 heterocycles. The maximum Gasteiger partial charge on any atom is 0.179 e. The Hall–Kier alpha value is -1.19. The van der Waals surface area contributed by atoms with E-state index in [0.29, 0.717) is 0 Å². The minimum absolute atomic E-state index is 0.0345. The van der Waals surface area contributed by atoms with E-state index in [1.54, 1.807) is 0 Å². The number of carbonyl (C=O) groups is 1. The summed E-state index contributed by atoms with van der Waals surface area (Å²) < 4.78 is 0. The van der Waals surface area contributed by atoms with Crippen LogP contribution in [-0.2, 0) is 0 Å². The lowest BCUT2D eigenvalue weighted by atomic mass is 10.0. The number of hydrogen-bond acceptors (Lipinski definition) is 3. The Morgan fingerprint density at radius 2 is 2.06 bits per heavy atom. The number of hydrogen-bond donors (Lipinski definition) is 1. The van der Waals surface area contributed by atoms with Crippen molar-refractivity contribution in [1.82, 2.24) is 10.2 Å². The topological polar surface area (TPSA) is 32.3 Å². The Bertz CT molecular complexity index is 369. The van der Waals surface area contributed by atoms with Crippen LogP contribution >= 0.6 is 0 Å². The van der Waals surface area contributed by atoms with Crippen molar-refractivity contribution in [2.45, 2.75) is 25.8 Å². The highest BCUT2D eigenvalue weighted by atomic mass is 16.1. The van der Waals surface area contributed by atoms with Gasteiger partial charge < -0.3 is 5.32 Å². The molecular weight excluding hydrogens is 224 g/mol. The van der Waals surface area contributed by atoms with Gasteiger partial charge in [-0.3, -0.25) is 9.69 Å². The van der Waals surface area contributed by atoms with E-state index in [1.165, 1.54) is 0 Å². The van der Waals surface area contributed by atoms with Gasteiger partial charge in [-0.1, -0.05) is 37.3 Å². The van der Waals surface area contributed by atoms with E-state index in [-0.39, 0.29) is 11.8 Å². The molecule has 1 saturated heterocycles. The maximum atomic E-state index is 12.5. The van der Waals surface area contributed by atoms with Crippen LogP contribution in [0.3, 0.4) is 0 Å². The minimum atomic E-state index is 0.0345. The second-order valence-electron chi connectivity index (χ2n) is 4.79. The van der Waals surface area contributed by atoms with Gasteiger partial charge in [0, 0.05) is 25.2 Å². The fraction of sp³-hybridized carbons (Fsp3) is 0.533. The molecule has 1 aromatic carbocycles. The number of ketones is 1. The van der Waals surface area contributed by atoms with Gasteiger partial charge in [0.25, 0.3) is 0 Å². The van der Waals surface area contributed by atoms with Crippen LogP contribution in [0.5, 0.6) is 0 Å². The first kappa shape index (κ1) is 13.2. The molecule has 2 rings (SSSR count). The summed E-state index contributed by atoms with van der Waals surface area (Å²) in [4.78, 5) is 14.9. The highest BCUT2D eigenvalue weighted by molar-refractivity contribution is 6.00. The smallest absolute Gasteiger partial charge is 0.179 e. The number of benzene rings is 1. The highest BCUT2D eigenvalue weighted by Crippen LogP contribution is 2.13. The molecule has 1 aromatic rings. The van der Waals surface area contributed by atoms with Crippen molar-refractivity contribution in [2.24, 2.45) is 0 Å². The van der Waals surface area contributed by atoms with Gasteiger partial charge in [-0.2, -0.15) is 0 Å². The SMILES string of the molecule is CCC(C(=O)c1ccccc1)N1CCCNCC1. The summed E-state index contributed by atoms with van der Waals surface area (Å²) in [6.45, 7) is 6.13. The van der Waals surface area contributed by atoms with Crippen LogP contribution in [0.25, 0.3) is 0 Å². The summed E-state index contributed by atoms with van der Waals surface area (Å²) in [7, 11) is 0. The van der Waals surface area contributed by atoms with E-state index in [4.69, 9.17) is 0 Å². The molecule has 0 amide bonds. The van der Waals surface area contributed by atoms with Gasteiger partial charge in [0.05, 0.1) is 6.04 Å². The zero-order valence-electron chi connectivity index (χ0n) is 11.1. The van der Waals surface area contributed by atoms with E-state index in [2.05, 4.69) is 17.1 Å². The van der Waals surface area contributed by atoms with E-state index < -0.39 is 0 Å². The van der Waals surface area contributed by atoms with Gasteiger partial charge in [0.2, 0.25) is 0 Å². The van der Waals surface area contributed by atoms with Crippen molar-refractivity contribution in [1.29, 1.82) is 0 Å². The van der Waals surface area contributed by atoms with Gasteiger partial charge in [-0.15, -0.1) is 0 Å². The predicted molar refractivity (Wildman–Crippen MR) is 73.9 cm³/mol. The van der Waals surface area contributed by atoms with Crippen molar-refractivity contribution in [3.05, 3.63) is 35.9 Å². The number of Topliss-reactive ketones (excluding diaryl/α,β-unsaturated/α-hetero) is 1. The van der Waals surface area contributed by atoms with E-state index >= 15 is 0 Å². The Labute approximate surface area is 109 Å². The summed E-state index contributed by atoms with van der Waals surface area (Å²) in [6.07, 6.45) is 2.01. The van der Waals surface area contributed by atoms with Gasteiger partial charge in [-0.25, -0.2) is 0 Å². The van der Waals surface area contributed by atoms with Crippen molar-refractivity contribution < 1.29 is 4.79 Å². The zero-order valence-corrected chi connectivity index (χ0v) is 11.1. The maximum absolute atomic E-state index is 12.5. The van der Waals surface area contributed by atoms with Crippen LogP contribution in [0.4, 0.5) is 0 Å². The molecule has 1 aliphatic heterocycles. The summed E-state index contributed by atoms with van der Waals surface area (Å²) in [5.41, 5.74) is 0.835. The summed E-state index contributed by atoms with van der Waals surface area (Å²) in [6, 6.07) is 9.69. The number of rotatable bonds is 4. The lowest BCUT2D eigenvalue weighted by Crippen LogP contribution is -2.42. The number of nitrogens with zero attached hydrogens (tertiary/aromatic N) is 1. The van der Waals surface area contributed by atoms with E-state index in [1.807, 2.05) is 30.3 Å². The molecule has 0 saturated carbocycles. The number of carbonyl (C=O) groups excluding carboxylic acids is 1. The molecule has 1 unspecified atom stereocenters. The average molecular weight is 246 g/mol. The Morgan fingerprint density at radius 1 is 1.28 bits per heavy atom. The molecule has 3 heteroatoms. The van der Waals surface area contributed by atoms with E-state index in [9.17, 15) is 4.79 Å². The molecule has 3 nitrogen and oxygen atoms in total. The van der Waals surface area contributed by atoms with Gasteiger partial charge in [0.15, 0.2) is 5.78 Å². The third-order valence-electron chi connectivity index (χ3n) is 3.56. The number of nitrogens with one attached hydrogen (secondary N) is 1. The molecule has 1 N–H and O–H groups in total. The predicted octanol–water partition coefficient (Wildman–Crippen LogP) is 1.94. The molecular formula is C15H22N2O. The summed E-state index contributed by atoms with van der Waals surface area (Å²) >= 11 is 0. The standard InChI is InChI=1S/C15H22N2O/c1-2-14(17-11-6-9-16-10-12-17)15(18)13-7-4-3-5-8-13/h3-5,7-8,14,16H,2,6,9-12H2,1H3. The molecule has 1 aliphatic rings. The van der Waals surface area contributed by atoms with Crippen molar-refractivity contribution in [3.8, 4) is 0 Å². The molecule has 1 fully saturated rings. The lowest BCUT2D eigenvalue weighted by Gasteiger charge is -2.28. The quantitative estimate of drug-likeness (QED) is 0.824. The van der Waals surface area contributed by atoms with Crippen LogP contribution < -0.4 is 5.32 Å². The lowest BCUT2D eigenvalue weighted by molar-refractivity contribution is 0.0820. The van der Waals surface area contributed by atoms with Crippen LogP contribution in [0.2, 0.25) is 0 Å². The van der Waals surface area contributed by atoms with Gasteiger partial charge in [0.1, 0.15) is 0 Å². The molecule has 0 bridgehead atoms. The first-order chi connectivity index (χ1) is 8.83. The summed E-state index contributed by atoms with van der Waals surface area (Å²) in [5.74, 6) is 0.264. The Morgan fingerprint density at radius 3 is 2.78 bits per heavy atom. The molecule has 98 valence electrons. The molecule has 0 aliphatic carbocycles. The largest absolute Gasteiger partial charge is 0.315 e. The van der Waals surface area contributed by atoms with E-state index in [0.717, 1.165) is 44.6 Å². The first-order valence-corrected chi connectivity index (χ1v) is 6.87. The Balaban J connectivity index is 2.10. The summed E-state index contributed by atoms with van der Waals surface area (Å²) in [5, 5.41) is 3.38. The van der Waals surface area contributed by atoms with Crippen molar-refractivity contribution in [2.75, 3.05) is 26.2 Å². The van der Waals surface area contributed by atoms with Crippen LogP contribution in [0.15, 0.2) is 30.3 Å². The first-order valence-electron chi connectivity index (χ1n) is 6.87.